The van der Waals surface area contributed by atoms with Gasteiger partial charge in [-0.2, -0.15) is 0 Å². The van der Waals surface area contributed by atoms with Crippen molar-refractivity contribution < 1.29 is 17.9 Å². The first-order valence-electron chi connectivity index (χ1n) is 10.1. The summed E-state index contributed by atoms with van der Waals surface area (Å²) in [6.45, 7) is 1.73. The van der Waals surface area contributed by atoms with Gasteiger partial charge in [-0.15, -0.1) is 10.2 Å². The molecular weight excluding hydrogens is 404 g/mol. The van der Waals surface area contributed by atoms with E-state index in [4.69, 9.17) is 9.47 Å². The highest BCUT2D eigenvalue weighted by Gasteiger charge is 2.21. The van der Waals surface area contributed by atoms with Crippen LogP contribution in [0.3, 0.4) is 0 Å². The minimum atomic E-state index is -3.78. The molecule has 8 nitrogen and oxygen atoms in total. The van der Waals surface area contributed by atoms with Crippen molar-refractivity contribution in [2.24, 2.45) is 0 Å². The number of aromatic nitrogens is 3. The zero-order valence-corrected chi connectivity index (χ0v) is 17.2. The van der Waals surface area contributed by atoms with Crippen LogP contribution in [0.2, 0.25) is 0 Å². The fourth-order valence-corrected chi connectivity index (χ4v) is 4.89. The molecule has 156 valence electrons. The van der Waals surface area contributed by atoms with Crippen LogP contribution in [-0.2, 0) is 23.0 Å². The molecule has 0 fully saturated rings. The highest BCUT2D eigenvalue weighted by atomic mass is 32.2. The van der Waals surface area contributed by atoms with Crippen molar-refractivity contribution in [3.8, 4) is 22.9 Å². The number of hydrogen-bond donors (Lipinski definition) is 1. The van der Waals surface area contributed by atoms with Gasteiger partial charge in [-0.25, -0.2) is 8.42 Å². The van der Waals surface area contributed by atoms with Crippen LogP contribution in [0.5, 0.6) is 11.5 Å². The summed E-state index contributed by atoms with van der Waals surface area (Å²) in [5.41, 5.74) is 1.30. The predicted octanol–water partition coefficient (Wildman–Crippen LogP) is 3.24. The van der Waals surface area contributed by atoms with Gasteiger partial charge in [0.05, 0.1) is 4.90 Å². The second-order valence-electron chi connectivity index (χ2n) is 7.39. The average Bonchev–Trinajstić information content (AvgIpc) is 3.01. The monoisotopic (exact) mass is 426 g/mol. The van der Waals surface area contributed by atoms with Gasteiger partial charge in [-0.1, -0.05) is 18.6 Å². The van der Waals surface area contributed by atoms with Crippen molar-refractivity contribution >= 4 is 15.7 Å². The van der Waals surface area contributed by atoms with E-state index in [9.17, 15) is 8.42 Å². The number of aryl methyl sites for hydroxylation is 1. The quantitative estimate of drug-likeness (QED) is 0.688. The van der Waals surface area contributed by atoms with E-state index in [0.29, 0.717) is 30.4 Å². The molecular formula is C21H22N4O4S. The first-order chi connectivity index (χ1) is 14.6. The Kier molecular flexibility index (Phi) is 4.82. The van der Waals surface area contributed by atoms with Crippen LogP contribution < -0.4 is 14.2 Å². The van der Waals surface area contributed by atoms with E-state index < -0.39 is 10.0 Å². The summed E-state index contributed by atoms with van der Waals surface area (Å²) in [5, 5.41) is 8.69. The third-order valence-corrected chi connectivity index (χ3v) is 6.69. The van der Waals surface area contributed by atoms with E-state index in [1.807, 2.05) is 12.1 Å². The molecule has 0 spiro atoms. The van der Waals surface area contributed by atoms with Gasteiger partial charge in [-0.3, -0.25) is 4.72 Å². The molecule has 0 atom stereocenters. The lowest BCUT2D eigenvalue weighted by Crippen LogP contribution is -2.17. The Labute approximate surface area is 174 Å². The standard InChI is InChI=1S/C21H22N4O4S/c26-30(27,17-8-9-18-19(14-17)29-12-11-28-18)24-16-6-4-5-15(13-16)21-23-22-20-7-2-1-3-10-25(20)21/h4-6,8-9,13-14,24H,1-3,7,10-12H2. The lowest BCUT2D eigenvalue weighted by molar-refractivity contribution is 0.171. The van der Waals surface area contributed by atoms with Crippen LogP contribution in [0.15, 0.2) is 47.4 Å². The van der Waals surface area contributed by atoms with Crippen LogP contribution in [0.25, 0.3) is 11.4 Å². The second kappa shape index (κ2) is 7.64. The molecule has 0 radical (unpaired) electrons. The number of hydrogen-bond acceptors (Lipinski definition) is 6. The number of sulfonamides is 1. The molecule has 0 unspecified atom stereocenters. The number of nitrogens with one attached hydrogen (secondary N) is 1. The second-order valence-corrected chi connectivity index (χ2v) is 9.08. The summed E-state index contributed by atoms with van der Waals surface area (Å²) < 4.78 is 41.6. The van der Waals surface area contributed by atoms with Crippen molar-refractivity contribution in [2.45, 2.75) is 37.1 Å². The highest BCUT2D eigenvalue weighted by molar-refractivity contribution is 7.92. The number of anilines is 1. The summed E-state index contributed by atoms with van der Waals surface area (Å²) in [6, 6.07) is 11.9. The molecule has 1 aromatic heterocycles. The minimum absolute atomic E-state index is 0.119. The largest absolute Gasteiger partial charge is 0.486 e. The Hall–Kier alpha value is -3.07. The third kappa shape index (κ3) is 3.60. The van der Waals surface area contributed by atoms with Gasteiger partial charge in [0.15, 0.2) is 17.3 Å². The van der Waals surface area contributed by atoms with E-state index in [1.54, 1.807) is 18.2 Å². The van der Waals surface area contributed by atoms with Gasteiger partial charge in [0.2, 0.25) is 0 Å². The summed E-state index contributed by atoms with van der Waals surface area (Å²) >= 11 is 0. The van der Waals surface area contributed by atoms with E-state index in [-0.39, 0.29) is 4.90 Å². The third-order valence-electron chi connectivity index (χ3n) is 5.31. The van der Waals surface area contributed by atoms with Crippen LogP contribution in [0, 0.1) is 0 Å². The zero-order chi connectivity index (χ0) is 20.6. The van der Waals surface area contributed by atoms with Gasteiger partial charge in [-0.05, 0) is 37.1 Å². The van der Waals surface area contributed by atoms with Crippen molar-refractivity contribution in [3.63, 3.8) is 0 Å². The molecule has 2 aliphatic rings. The smallest absolute Gasteiger partial charge is 0.262 e. The maximum atomic E-state index is 12.9. The highest BCUT2D eigenvalue weighted by Crippen LogP contribution is 2.33. The van der Waals surface area contributed by atoms with Gasteiger partial charge >= 0.3 is 0 Å². The lowest BCUT2D eigenvalue weighted by Gasteiger charge is -2.19. The molecule has 0 saturated carbocycles. The van der Waals surface area contributed by atoms with Crippen molar-refractivity contribution in [1.82, 2.24) is 14.8 Å². The SMILES string of the molecule is O=S(=O)(Nc1cccc(-c2nnc3n2CCCCC3)c1)c1ccc2c(c1)OCCO2. The summed E-state index contributed by atoms with van der Waals surface area (Å²) in [4.78, 5) is 0.119. The number of fused-ring (bicyclic) bond motifs is 2. The Morgan fingerprint density at radius 2 is 1.80 bits per heavy atom. The number of nitrogens with zero attached hydrogens (tertiary/aromatic N) is 3. The number of ether oxygens (including phenoxy) is 2. The van der Waals surface area contributed by atoms with Gasteiger partial charge < -0.3 is 14.0 Å². The maximum absolute atomic E-state index is 12.9. The zero-order valence-electron chi connectivity index (χ0n) is 16.4. The molecule has 0 saturated heterocycles. The number of benzene rings is 2. The predicted molar refractivity (Wildman–Crippen MR) is 111 cm³/mol. The van der Waals surface area contributed by atoms with E-state index in [0.717, 1.165) is 43.0 Å². The molecule has 0 aliphatic carbocycles. The molecule has 0 bridgehead atoms. The minimum Gasteiger partial charge on any atom is -0.486 e. The average molecular weight is 426 g/mol. The molecule has 5 rings (SSSR count). The first kappa shape index (κ1) is 18.9. The van der Waals surface area contributed by atoms with Crippen molar-refractivity contribution in [1.29, 1.82) is 0 Å². The van der Waals surface area contributed by atoms with Gasteiger partial charge in [0.1, 0.15) is 19.0 Å². The fourth-order valence-electron chi connectivity index (χ4n) is 3.83. The summed E-state index contributed by atoms with van der Waals surface area (Å²) in [6.07, 6.45) is 4.31. The lowest BCUT2D eigenvalue weighted by atomic mass is 10.2. The Balaban J connectivity index is 1.43. The topological polar surface area (TPSA) is 95.3 Å². The fraction of sp³-hybridized carbons (Fsp3) is 0.333. The molecule has 0 amide bonds. The Bertz CT molecular complexity index is 1190. The summed E-state index contributed by atoms with van der Waals surface area (Å²) in [5.74, 6) is 2.75. The molecule has 2 aromatic carbocycles. The van der Waals surface area contributed by atoms with E-state index in [1.165, 1.54) is 18.6 Å². The van der Waals surface area contributed by atoms with Crippen LogP contribution in [-0.4, -0.2) is 36.4 Å². The maximum Gasteiger partial charge on any atom is 0.262 e. The van der Waals surface area contributed by atoms with Gasteiger partial charge in [0.25, 0.3) is 10.0 Å². The number of rotatable bonds is 4. The summed E-state index contributed by atoms with van der Waals surface area (Å²) in [7, 11) is -3.78. The van der Waals surface area contributed by atoms with E-state index >= 15 is 0 Å². The normalized spacial score (nSPS) is 15.9. The van der Waals surface area contributed by atoms with Crippen molar-refractivity contribution in [3.05, 3.63) is 48.3 Å². The Morgan fingerprint density at radius 1 is 0.933 bits per heavy atom. The van der Waals surface area contributed by atoms with Crippen LogP contribution >= 0.6 is 0 Å². The molecule has 30 heavy (non-hydrogen) atoms. The first-order valence-corrected chi connectivity index (χ1v) is 11.5. The van der Waals surface area contributed by atoms with Crippen LogP contribution in [0.4, 0.5) is 5.69 Å². The van der Waals surface area contributed by atoms with E-state index in [2.05, 4.69) is 19.5 Å². The molecule has 2 aliphatic heterocycles. The molecule has 1 N–H and O–H groups in total. The van der Waals surface area contributed by atoms with Crippen LogP contribution in [0.1, 0.15) is 25.1 Å². The Morgan fingerprint density at radius 3 is 2.70 bits per heavy atom. The molecule has 9 heteroatoms. The molecule has 3 aromatic rings. The molecule has 3 heterocycles. The van der Waals surface area contributed by atoms with Gasteiger partial charge in [0, 0.05) is 30.3 Å². The van der Waals surface area contributed by atoms with Crippen molar-refractivity contribution in [2.75, 3.05) is 17.9 Å².